The predicted octanol–water partition coefficient (Wildman–Crippen LogP) is 5.45. The van der Waals surface area contributed by atoms with E-state index < -0.39 is 59.1 Å². The number of fused-ring (bicyclic) bond motifs is 5. The van der Waals surface area contributed by atoms with Crippen LogP contribution in [0, 0.1) is 46.3 Å². The zero-order valence-electron chi connectivity index (χ0n) is 28.5. The minimum Gasteiger partial charge on any atom is -0.387 e. The molecule has 3 saturated carbocycles. The third-order valence-corrected chi connectivity index (χ3v) is 14.4. The number of hydrogen-bond acceptors (Lipinski definition) is 9. The Bertz CT molecular complexity index is 1220. The molecule has 4 aliphatic carbocycles. The summed E-state index contributed by atoms with van der Waals surface area (Å²) in [6, 6.07) is 0. The second-order valence-corrected chi connectivity index (χ2v) is 18.7. The second kappa shape index (κ2) is 14.4. The summed E-state index contributed by atoms with van der Waals surface area (Å²) in [7, 11) is -9.78. The van der Waals surface area contributed by atoms with Gasteiger partial charge in [0.2, 0.25) is 0 Å². The SMILES string of the molecule is CC(C)CCC[C@@H](C)[C@H]1CC[C@H]2[C@@H]3CC=C4C[C@@H](OP(=O)(O)O[C@H]5O[C@H](COP(=O)(O)O)[C@@H](O)[C@H](O)[C@@H]5O)CC[C@]4(C)[C@H]3CC[C@]12C. The summed E-state index contributed by atoms with van der Waals surface area (Å²) in [6.45, 7) is 11.2. The molecule has 1 aliphatic heterocycles. The van der Waals surface area contributed by atoms with Crippen LogP contribution < -0.4 is 0 Å². The molecule has 5 rings (SSSR count). The topological polar surface area (TPSA) is 192 Å². The summed E-state index contributed by atoms with van der Waals surface area (Å²) in [4.78, 5) is 28.6. The molecular formula is C33H58O12P2. The van der Waals surface area contributed by atoms with Gasteiger partial charge in [0.25, 0.3) is 0 Å². The van der Waals surface area contributed by atoms with Crippen LogP contribution in [-0.2, 0) is 27.4 Å². The van der Waals surface area contributed by atoms with E-state index >= 15 is 0 Å². The van der Waals surface area contributed by atoms with Gasteiger partial charge >= 0.3 is 15.6 Å². The van der Waals surface area contributed by atoms with Crippen LogP contribution in [0.3, 0.4) is 0 Å². The van der Waals surface area contributed by atoms with Crippen molar-refractivity contribution in [3.63, 3.8) is 0 Å². The van der Waals surface area contributed by atoms with E-state index in [1.54, 1.807) is 0 Å². The zero-order valence-corrected chi connectivity index (χ0v) is 30.3. The van der Waals surface area contributed by atoms with Gasteiger partial charge in [-0.1, -0.05) is 65.5 Å². The minimum atomic E-state index is -4.94. The van der Waals surface area contributed by atoms with Gasteiger partial charge in [-0.3, -0.25) is 13.6 Å². The molecule has 272 valence electrons. The Morgan fingerprint density at radius 1 is 0.915 bits per heavy atom. The quantitative estimate of drug-likeness (QED) is 0.111. The Labute approximate surface area is 279 Å². The minimum absolute atomic E-state index is 0.000365. The highest BCUT2D eigenvalue weighted by Crippen LogP contribution is 2.68. The lowest BCUT2D eigenvalue weighted by Crippen LogP contribution is -2.59. The first-order chi connectivity index (χ1) is 21.8. The average Bonchev–Trinajstić information content (AvgIpc) is 3.33. The maximum atomic E-state index is 13.1. The van der Waals surface area contributed by atoms with Crippen molar-refractivity contribution in [1.29, 1.82) is 0 Å². The van der Waals surface area contributed by atoms with Crippen molar-refractivity contribution in [2.75, 3.05) is 6.61 Å². The first-order valence-corrected chi connectivity index (χ1v) is 20.7. The van der Waals surface area contributed by atoms with E-state index in [-0.39, 0.29) is 5.41 Å². The molecule has 0 aromatic carbocycles. The molecule has 4 fully saturated rings. The van der Waals surface area contributed by atoms with E-state index in [1.807, 2.05) is 0 Å². The largest absolute Gasteiger partial charge is 0.474 e. The normalized spacial score (nSPS) is 44.2. The number of phosphoric ester groups is 2. The van der Waals surface area contributed by atoms with Crippen LogP contribution >= 0.6 is 15.6 Å². The van der Waals surface area contributed by atoms with Crippen LogP contribution in [0.5, 0.6) is 0 Å². The van der Waals surface area contributed by atoms with Gasteiger partial charge in [0.1, 0.15) is 24.4 Å². The molecule has 47 heavy (non-hydrogen) atoms. The molecule has 0 bridgehead atoms. The Hall–Kier alpha value is -0.200. The van der Waals surface area contributed by atoms with E-state index in [0.29, 0.717) is 30.1 Å². The van der Waals surface area contributed by atoms with E-state index in [9.17, 15) is 29.3 Å². The molecular weight excluding hydrogens is 650 g/mol. The lowest BCUT2D eigenvalue weighted by atomic mass is 9.47. The summed E-state index contributed by atoms with van der Waals surface area (Å²) in [5.41, 5.74) is 1.65. The van der Waals surface area contributed by atoms with E-state index in [4.69, 9.17) is 23.6 Å². The molecule has 12 nitrogen and oxygen atoms in total. The fraction of sp³-hybridized carbons (Fsp3) is 0.939. The molecule has 0 aromatic rings. The number of aliphatic hydroxyl groups is 3. The van der Waals surface area contributed by atoms with Gasteiger partial charge in [-0.15, -0.1) is 0 Å². The van der Waals surface area contributed by atoms with Crippen molar-refractivity contribution >= 4 is 15.6 Å². The highest BCUT2D eigenvalue weighted by Gasteiger charge is 2.59. The molecule has 6 N–H and O–H groups in total. The van der Waals surface area contributed by atoms with Gasteiger partial charge in [-0.2, -0.15) is 0 Å². The van der Waals surface area contributed by atoms with Gasteiger partial charge < -0.3 is 34.7 Å². The number of ether oxygens (including phenoxy) is 1. The molecule has 0 aromatic heterocycles. The average molecular weight is 709 g/mol. The monoisotopic (exact) mass is 708 g/mol. The lowest BCUT2D eigenvalue weighted by Gasteiger charge is -2.58. The van der Waals surface area contributed by atoms with Gasteiger partial charge in [-0.05, 0) is 97.7 Å². The molecule has 1 saturated heterocycles. The van der Waals surface area contributed by atoms with Crippen LogP contribution in [0.15, 0.2) is 11.6 Å². The highest BCUT2D eigenvalue weighted by molar-refractivity contribution is 7.47. The molecule has 14 heteroatoms. The van der Waals surface area contributed by atoms with E-state index in [0.717, 1.165) is 36.5 Å². The predicted molar refractivity (Wildman–Crippen MR) is 174 cm³/mol. The van der Waals surface area contributed by atoms with Crippen molar-refractivity contribution in [2.45, 2.75) is 142 Å². The molecule has 0 radical (unpaired) electrons. The summed E-state index contributed by atoms with van der Waals surface area (Å²) in [5, 5.41) is 30.7. The smallest absolute Gasteiger partial charge is 0.387 e. The molecule has 1 unspecified atom stereocenters. The Morgan fingerprint density at radius 3 is 2.32 bits per heavy atom. The van der Waals surface area contributed by atoms with Crippen LogP contribution in [0.1, 0.15) is 105 Å². The maximum Gasteiger partial charge on any atom is 0.474 e. The third-order valence-electron chi connectivity index (χ3n) is 12.9. The van der Waals surface area contributed by atoms with Crippen LogP contribution in [0.25, 0.3) is 0 Å². The number of rotatable bonds is 12. The number of hydrogen-bond donors (Lipinski definition) is 6. The highest BCUT2D eigenvalue weighted by atomic mass is 31.2. The summed E-state index contributed by atoms with van der Waals surface area (Å²) in [5.74, 6) is 4.23. The molecule has 0 spiro atoms. The summed E-state index contributed by atoms with van der Waals surface area (Å²) < 4.78 is 44.6. The summed E-state index contributed by atoms with van der Waals surface area (Å²) >= 11 is 0. The van der Waals surface area contributed by atoms with Gasteiger partial charge in [0, 0.05) is 0 Å². The number of phosphoric acid groups is 2. The van der Waals surface area contributed by atoms with Crippen molar-refractivity contribution in [3.8, 4) is 0 Å². The molecule has 14 atom stereocenters. The number of aliphatic hydroxyl groups excluding tert-OH is 3. The first-order valence-electron chi connectivity index (χ1n) is 17.6. The van der Waals surface area contributed by atoms with Crippen molar-refractivity contribution < 1.29 is 57.4 Å². The fourth-order valence-electron chi connectivity index (χ4n) is 10.4. The third kappa shape index (κ3) is 8.15. The molecule has 1 heterocycles. The van der Waals surface area contributed by atoms with Gasteiger partial charge in [0.05, 0.1) is 12.7 Å². The van der Waals surface area contributed by atoms with Gasteiger partial charge in [0.15, 0.2) is 6.29 Å². The fourth-order valence-corrected chi connectivity index (χ4v) is 11.8. The zero-order chi connectivity index (χ0) is 34.5. The van der Waals surface area contributed by atoms with Crippen molar-refractivity contribution in [2.24, 2.45) is 46.3 Å². The first kappa shape index (κ1) is 38.0. The van der Waals surface area contributed by atoms with E-state index in [1.165, 1.54) is 50.5 Å². The van der Waals surface area contributed by atoms with Gasteiger partial charge in [-0.25, -0.2) is 9.13 Å². The van der Waals surface area contributed by atoms with Crippen LogP contribution in [-0.4, -0.2) is 73.4 Å². The summed E-state index contributed by atoms with van der Waals surface area (Å²) in [6.07, 6.45) is 4.58. The van der Waals surface area contributed by atoms with Crippen LogP contribution in [0.2, 0.25) is 0 Å². The van der Waals surface area contributed by atoms with Crippen LogP contribution in [0.4, 0.5) is 0 Å². The molecule has 0 amide bonds. The van der Waals surface area contributed by atoms with Crippen molar-refractivity contribution in [1.82, 2.24) is 0 Å². The second-order valence-electron chi connectivity index (χ2n) is 16.1. The van der Waals surface area contributed by atoms with Crippen molar-refractivity contribution in [3.05, 3.63) is 11.6 Å². The Morgan fingerprint density at radius 2 is 1.64 bits per heavy atom. The maximum absolute atomic E-state index is 13.1. The Balaban J connectivity index is 1.20. The number of allylic oxidation sites excluding steroid dienone is 1. The lowest BCUT2D eigenvalue weighted by molar-refractivity contribution is -0.280. The standard InChI is InChI=1S/C33H58O12P2/c1-19(2)7-6-8-20(3)24-11-12-25-23-10-9-21-17-22(13-15-32(21,4)26(23)14-16-33(24,25)5)44-47(40,41)45-31-30(36)29(35)28(34)27(43-31)18-42-46(37,38)39/h9,19-20,22-31,34-36H,6-8,10-18H2,1-5H3,(H,40,41)(H2,37,38,39)/t20-,22+,23+,24-,25+,26+,27-,28-,29+,30+,31-,32+,33-/m1/s1. The van der Waals surface area contributed by atoms with E-state index in [2.05, 4.69) is 45.2 Å². The molecule has 5 aliphatic rings. The Kier molecular flexibility index (Phi) is 11.7.